The summed E-state index contributed by atoms with van der Waals surface area (Å²) in [6.45, 7) is 5.99. The van der Waals surface area contributed by atoms with Gasteiger partial charge in [0.2, 0.25) is 10.9 Å². The van der Waals surface area contributed by atoms with E-state index in [4.69, 9.17) is 5.73 Å². The first-order valence-electron chi connectivity index (χ1n) is 5.71. The maximum Gasteiger partial charge on any atom is 0.334 e. The van der Waals surface area contributed by atoms with Gasteiger partial charge < -0.3 is 5.73 Å². The van der Waals surface area contributed by atoms with Gasteiger partial charge in [-0.15, -0.1) is 11.3 Å². The molecule has 2 rings (SSSR count). The van der Waals surface area contributed by atoms with Crippen LogP contribution >= 0.6 is 11.3 Å². The van der Waals surface area contributed by atoms with Crippen molar-refractivity contribution < 1.29 is 4.92 Å². The maximum atomic E-state index is 11.2. The van der Waals surface area contributed by atoms with Crippen LogP contribution < -0.4 is 5.73 Å². The van der Waals surface area contributed by atoms with E-state index in [2.05, 4.69) is 10.1 Å². The second-order valence-electron chi connectivity index (χ2n) is 5.40. The summed E-state index contributed by atoms with van der Waals surface area (Å²) in [7, 11) is 0. The molecule has 0 atom stereocenters. The fourth-order valence-electron chi connectivity index (χ4n) is 1.76. The number of thiazole rings is 1. The molecule has 2 heterocycles. The van der Waals surface area contributed by atoms with E-state index < -0.39 is 4.92 Å². The zero-order chi connectivity index (χ0) is 14.2. The van der Waals surface area contributed by atoms with Crippen molar-refractivity contribution in [2.75, 3.05) is 5.73 Å². The van der Waals surface area contributed by atoms with Gasteiger partial charge in [-0.1, -0.05) is 20.8 Å². The lowest BCUT2D eigenvalue weighted by molar-refractivity contribution is -0.384. The van der Waals surface area contributed by atoms with Gasteiger partial charge in [-0.3, -0.25) is 10.1 Å². The van der Waals surface area contributed by atoms with Crippen molar-refractivity contribution in [1.29, 1.82) is 0 Å². The van der Waals surface area contributed by atoms with Crippen LogP contribution in [0.5, 0.6) is 0 Å². The third-order valence-corrected chi connectivity index (χ3v) is 3.19. The summed E-state index contributed by atoms with van der Waals surface area (Å²) < 4.78 is 1.34. The maximum absolute atomic E-state index is 11.2. The predicted molar refractivity (Wildman–Crippen MR) is 73.5 cm³/mol. The fourth-order valence-corrected chi connectivity index (χ4v) is 2.36. The van der Waals surface area contributed by atoms with Gasteiger partial charge in [-0.25, -0.2) is 4.98 Å². The summed E-state index contributed by atoms with van der Waals surface area (Å²) in [4.78, 5) is 14.8. The first kappa shape index (κ1) is 13.5. The van der Waals surface area contributed by atoms with Crippen molar-refractivity contribution in [2.24, 2.45) is 5.41 Å². The molecular formula is C11H15N5O2S. The number of nitro groups is 1. The molecule has 0 aliphatic rings. The molecule has 0 fully saturated rings. The Balaban J connectivity index is 2.55. The van der Waals surface area contributed by atoms with Crippen LogP contribution in [0.1, 0.15) is 26.5 Å². The van der Waals surface area contributed by atoms with Gasteiger partial charge in [0, 0.05) is 18.0 Å². The molecule has 8 heteroatoms. The molecule has 0 spiro atoms. The molecule has 0 saturated heterocycles. The number of aromatic nitrogens is 3. The van der Waals surface area contributed by atoms with Crippen LogP contribution in [0, 0.1) is 15.5 Å². The van der Waals surface area contributed by atoms with Crippen molar-refractivity contribution in [2.45, 2.75) is 27.2 Å². The molecule has 0 aliphatic carbocycles. The Hall–Kier alpha value is -1.96. The van der Waals surface area contributed by atoms with Crippen molar-refractivity contribution in [1.82, 2.24) is 14.8 Å². The van der Waals surface area contributed by atoms with Crippen LogP contribution in [0.2, 0.25) is 0 Å². The molecule has 19 heavy (non-hydrogen) atoms. The molecular weight excluding hydrogens is 266 g/mol. The summed E-state index contributed by atoms with van der Waals surface area (Å²) in [6, 6.07) is 0. The van der Waals surface area contributed by atoms with Crippen molar-refractivity contribution in [3.63, 3.8) is 0 Å². The Morgan fingerprint density at radius 3 is 2.68 bits per heavy atom. The van der Waals surface area contributed by atoms with E-state index in [1.54, 1.807) is 11.6 Å². The third-order valence-electron chi connectivity index (χ3n) is 2.45. The van der Waals surface area contributed by atoms with E-state index in [0.717, 1.165) is 0 Å². The Bertz CT molecular complexity index is 597. The lowest BCUT2D eigenvalue weighted by Crippen LogP contribution is -2.11. The van der Waals surface area contributed by atoms with Gasteiger partial charge in [0.1, 0.15) is 5.69 Å². The Morgan fingerprint density at radius 2 is 2.21 bits per heavy atom. The first-order valence-corrected chi connectivity index (χ1v) is 6.59. The lowest BCUT2D eigenvalue weighted by Gasteiger charge is -2.15. The van der Waals surface area contributed by atoms with Crippen LogP contribution in [0.15, 0.2) is 11.6 Å². The highest BCUT2D eigenvalue weighted by Crippen LogP contribution is 2.33. The Morgan fingerprint density at radius 1 is 1.53 bits per heavy atom. The SMILES string of the molecule is CC(C)(C)Cc1nn(-c2nccs2)c(N)c1[N+](=O)[O-]. The quantitative estimate of drug-likeness (QED) is 0.687. The Labute approximate surface area is 114 Å². The normalized spacial score (nSPS) is 11.7. The van der Waals surface area contributed by atoms with Gasteiger partial charge in [0.25, 0.3) is 0 Å². The molecule has 7 nitrogen and oxygen atoms in total. The van der Waals surface area contributed by atoms with E-state index in [1.807, 2.05) is 20.8 Å². The minimum atomic E-state index is -0.479. The minimum absolute atomic E-state index is 0.0270. The van der Waals surface area contributed by atoms with Crippen molar-refractivity contribution >= 4 is 22.8 Å². The predicted octanol–water partition coefficient (Wildman–Crippen LogP) is 2.41. The topological polar surface area (TPSA) is 99.9 Å². The third kappa shape index (κ3) is 2.73. The number of nitrogens with two attached hydrogens (primary N) is 1. The van der Waals surface area contributed by atoms with Gasteiger partial charge in [0.05, 0.1) is 4.92 Å². The van der Waals surface area contributed by atoms with Crippen LogP contribution in [-0.2, 0) is 6.42 Å². The van der Waals surface area contributed by atoms with Gasteiger partial charge in [-0.05, 0) is 5.41 Å². The number of hydrogen-bond acceptors (Lipinski definition) is 6. The lowest BCUT2D eigenvalue weighted by atomic mass is 9.90. The summed E-state index contributed by atoms with van der Waals surface area (Å²) in [5.41, 5.74) is 6.00. The van der Waals surface area contributed by atoms with E-state index in [-0.39, 0.29) is 16.9 Å². The number of nitrogens with zero attached hydrogens (tertiary/aromatic N) is 4. The smallest absolute Gasteiger partial charge is 0.334 e. The average molecular weight is 281 g/mol. The zero-order valence-corrected chi connectivity index (χ0v) is 11.8. The summed E-state index contributed by atoms with van der Waals surface area (Å²) in [6.07, 6.45) is 2.09. The first-order chi connectivity index (χ1) is 8.79. The van der Waals surface area contributed by atoms with Crippen LogP contribution in [0.3, 0.4) is 0 Å². The number of nitrogen functional groups attached to an aromatic ring is 1. The molecule has 2 aromatic rings. The van der Waals surface area contributed by atoms with Crippen molar-refractivity contribution in [3.05, 3.63) is 27.4 Å². The van der Waals surface area contributed by atoms with E-state index in [0.29, 0.717) is 17.2 Å². The van der Waals surface area contributed by atoms with Crippen LogP contribution in [0.4, 0.5) is 11.5 Å². The summed E-state index contributed by atoms with van der Waals surface area (Å²) >= 11 is 1.33. The summed E-state index contributed by atoms with van der Waals surface area (Å²) in [5.74, 6) is 0.0270. The fraction of sp³-hybridized carbons (Fsp3) is 0.455. The molecule has 0 unspecified atom stereocenters. The molecule has 102 valence electrons. The molecule has 2 aromatic heterocycles. The second kappa shape index (κ2) is 4.61. The molecule has 0 saturated carbocycles. The highest BCUT2D eigenvalue weighted by molar-refractivity contribution is 7.12. The van der Waals surface area contributed by atoms with Gasteiger partial charge >= 0.3 is 5.69 Å². The number of rotatable bonds is 3. The molecule has 0 radical (unpaired) electrons. The second-order valence-corrected chi connectivity index (χ2v) is 6.27. The minimum Gasteiger partial charge on any atom is -0.378 e. The molecule has 0 aromatic carbocycles. The largest absolute Gasteiger partial charge is 0.378 e. The molecule has 0 aliphatic heterocycles. The highest BCUT2D eigenvalue weighted by Gasteiger charge is 2.30. The van der Waals surface area contributed by atoms with E-state index >= 15 is 0 Å². The molecule has 0 amide bonds. The Kier molecular flexibility index (Phi) is 3.27. The van der Waals surface area contributed by atoms with Crippen LogP contribution in [0.25, 0.3) is 5.13 Å². The molecule has 0 bridgehead atoms. The standard InChI is InChI=1S/C11H15N5O2S/c1-11(2,3)6-7-8(16(17)18)9(12)15(14-7)10-13-4-5-19-10/h4-5H,6,12H2,1-3H3. The van der Waals surface area contributed by atoms with E-state index in [1.165, 1.54) is 16.0 Å². The van der Waals surface area contributed by atoms with Crippen LogP contribution in [-0.4, -0.2) is 19.7 Å². The van der Waals surface area contributed by atoms with E-state index in [9.17, 15) is 10.1 Å². The van der Waals surface area contributed by atoms with Crippen molar-refractivity contribution in [3.8, 4) is 5.13 Å². The number of anilines is 1. The van der Waals surface area contributed by atoms with Gasteiger partial charge in [0.15, 0.2) is 0 Å². The average Bonchev–Trinajstić information content (AvgIpc) is 2.83. The zero-order valence-electron chi connectivity index (χ0n) is 11.0. The molecule has 2 N–H and O–H groups in total. The van der Waals surface area contributed by atoms with Gasteiger partial charge in [-0.2, -0.15) is 9.78 Å². The monoisotopic (exact) mass is 281 g/mol. The highest BCUT2D eigenvalue weighted by atomic mass is 32.1. The number of hydrogen-bond donors (Lipinski definition) is 1. The summed E-state index contributed by atoms with van der Waals surface area (Å²) in [5, 5.41) is 17.7.